The Morgan fingerprint density at radius 2 is 1.07 bits per heavy atom. The van der Waals surface area contributed by atoms with E-state index in [-0.39, 0.29) is 0 Å². The van der Waals surface area contributed by atoms with E-state index in [4.69, 9.17) is 4.98 Å². The van der Waals surface area contributed by atoms with Gasteiger partial charge in [0.15, 0.2) is 7.14 Å². The number of para-hydroxylation sites is 2. The molecule has 0 aliphatic rings. The summed E-state index contributed by atoms with van der Waals surface area (Å²) in [5, 5.41) is 8.50. The summed E-state index contributed by atoms with van der Waals surface area (Å²) in [4.78, 5) is 5.13. The van der Waals surface area contributed by atoms with Crippen molar-refractivity contribution in [3.8, 4) is 11.1 Å². The second kappa shape index (κ2) is 10.0. The van der Waals surface area contributed by atoms with E-state index in [1.165, 1.54) is 21.5 Å². The van der Waals surface area contributed by atoms with Gasteiger partial charge in [-0.25, -0.2) is 4.98 Å². The summed E-state index contributed by atoms with van der Waals surface area (Å²) in [5.74, 6) is 0. The molecule has 0 aliphatic carbocycles. The molecule has 0 bridgehead atoms. The average molecular weight is 595 g/mol. The molecule has 9 aromatic rings. The standard InChI is InChI=1S/C41H27N2OP/c44-45(31-12-3-1-4-13-31,32-14-5-2-6-15-32)33-23-19-28(20-24-33)30-22-25-35-39(27-30)43-38-18-10-9-17-37(38)42-41(43)36-26-21-29-11-7-8-16-34(29)40(35)36/h1-27H. The number of hydrogen-bond acceptors (Lipinski definition) is 2. The zero-order valence-corrected chi connectivity index (χ0v) is 25.2. The van der Waals surface area contributed by atoms with Crippen LogP contribution in [-0.2, 0) is 4.57 Å². The number of rotatable bonds is 4. The number of benzene rings is 7. The van der Waals surface area contributed by atoms with Gasteiger partial charge < -0.3 is 4.57 Å². The Labute approximate surface area is 260 Å². The Kier molecular flexibility index (Phi) is 5.78. The highest BCUT2D eigenvalue weighted by Gasteiger charge is 2.29. The van der Waals surface area contributed by atoms with Gasteiger partial charge in [-0.3, -0.25) is 4.40 Å². The molecule has 0 atom stereocenters. The van der Waals surface area contributed by atoms with Crippen molar-refractivity contribution in [3.63, 3.8) is 0 Å². The molecule has 0 spiro atoms. The van der Waals surface area contributed by atoms with Gasteiger partial charge in [-0.15, -0.1) is 0 Å². The minimum atomic E-state index is -3.04. The Morgan fingerprint density at radius 1 is 0.467 bits per heavy atom. The fourth-order valence-electron chi connectivity index (χ4n) is 6.89. The van der Waals surface area contributed by atoms with E-state index >= 15 is 0 Å². The number of nitrogens with zero attached hydrogens (tertiary/aromatic N) is 2. The van der Waals surface area contributed by atoms with E-state index in [9.17, 15) is 4.57 Å². The second-order valence-corrected chi connectivity index (χ2v) is 14.3. The van der Waals surface area contributed by atoms with Crippen LogP contribution in [0.1, 0.15) is 0 Å². The normalized spacial score (nSPS) is 12.1. The van der Waals surface area contributed by atoms with Crippen LogP contribution < -0.4 is 15.9 Å². The Morgan fingerprint density at radius 3 is 1.82 bits per heavy atom. The molecule has 0 aliphatic heterocycles. The summed E-state index contributed by atoms with van der Waals surface area (Å²) in [6, 6.07) is 56.0. The van der Waals surface area contributed by atoms with Crippen molar-refractivity contribution in [1.82, 2.24) is 9.38 Å². The van der Waals surface area contributed by atoms with Gasteiger partial charge in [0.1, 0.15) is 5.65 Å². The molecule has 0 unspecified atom stereocenters. The molecule has 2 aromatic heterocycles. The third-order valence-electron chi connectivity index (χ3n) is 9.04. The van der Waals surface area contributed by atoms with Crippen LogP contribution in [0.3, 0.4) is 0 Å². The van der Waals surface area contributed by atoms with Crippen LogP contribution in [0.25, 0.3) is 60.3 Å². The highest BCUT2D eigenvalue weighted by molar-refractivity contribution is 7.85. The summed E-state index contributed by atoms with van der Waals surface area (Å²) in [7, 11) is -3.04. The third-order valence-corrected chi connectivity index (χ3v) is 12.1. The maximum Gasteiger partial charge on any atom is 0.171 e. The SMILES string of the molecule is O=P(c1ccccc1)(c1ccccc1)c1ccc(-c2ccc3c4c5ccccc5ccc4c4nc5ccccc5n4c3c2)cc1. The fourth-order valence-corrected chi connectivity index (χ4v) is 9.54. The largest absolute Gasteiger partial charge is 0.309 e. The lowest BCUT2D eigenvalue weighted by molar-refractivity contribution is 0.592. The quantitative estimate of drug-likeness (QED) is 0.150. The average Bonchev–Trinajstić information content (AvgIpc) is 3.52. The first-order chi connectivity index (χ1) is 22.2. The van der Waals surface area contributed by atoms with Crippen LogP contribution in [0.4, 0.5) is 0 Å². The molecule has 2 heterocycles. The van der Waals surface area contributed by atoms with Gasteiger partial charge in [0.05, 0.1) is 16.6 Å². The Balaban J connectivity index is 1.27. The highest BCUT2D eigenvalue weighted by Crippen LogP contribution is 2.43. The zero-order chi connectivity index (χ0) is 30.0. The number of pyridine rings is 1. The second-order valence-electron chi connectivity index (χ2n) is 11.5. The minimum Gasteiger partial charge on any atom is -0.309 e. The predicted molar refractivity (Wildman–Crippen MR) is 190 cm³/mol. The molecule has 0 saturated carbocycles. The summed E-state index contributed by atoms with van der Waals surface area (Å²) in [6.45, 7) is 0. The minimum absolute atomic E-state index is 0.824. The first-order valence-electron chi connectivity index (χ1n) is 15.2. The lowest BCUT2D eigenvalue weighted by Crippen LogP contribution is -2.24. The molecule has 212 valence electrons. The van der Waals surface area contributed by atoms with E-state index in [0.29, 0.717) is 0 Å². The third kappa shape index (κ3) is 3.91. The van der Waals surface area contributed by atoms with Crippen molar-refractivity contribution in [3.05, 3.63) is 164 Å². The van der Waals surface area contributed by atoms with Crippen LogP contribution >= 0.6 is 7.14 Å². The smallest absolute Gasteiger partial charge is 0.171 e. The van der Waals surface area contributed by atoms with Crippen molar-refractivity contribution in [1.29, 1.82) is 0 Å². The monoisotopic (exact) mass is 594 g/mol. The molecule has 4 heteroatoms. The van der Waals surface area contributed by atoms with Crippen LogP contribution in [-0.4, -0.2) is 9.38 Å². The lowest BCUT2D eigenvalue weighted by atomic mass is 9.96. The molecule has 45 heavy (non-hydrogen) atoms. The van der Waals surface area contributed by atoms with Crippen LogP contribution in [0.15, 0.2) is 164 Å². The number of hydrogen-bond donors (Lipinski definition) is 0. The summed E-state index contributed by atoms with van der Waals surface area (Å²) in [6.07, 6.45) is 0. The zero-order valence-electron chi connectivity index (χ0n) is 24.3. The molecule has 0 saturated heterocycles. The molecule has 0 N–H and O–H groups in total. The molecule has 7 aromatic carbocycles. The van der Waals surface area contributed by atoms with Gasteiger partial charge in [-0.1, -0.05) is 140 Å². The van der Waals surface area contributed by atoms with Gasteiger partial charge in [-0.05, 0) is 46.2 Å². The molecule has 3 nitrogen and oxygen atoms in total. The van der Waals surface area contributed by atoms with E-state index in [0.717, 1.165) is 54.6 Å². The van der Waals surface area contributed by atoms with Gasteiger partial charge in [0.2, 0.25) is 0 Å². The van der Waals surface area contributed by atoms with E-state index in [1.54, 1.807) is 0 Å². The molecule has 0 radical (unpaired) electrons. The summed E-state index contributed by atoms with van der Waals surface area (Å²) < 4.78 is 17.2. The van der Waals surface area contributed by atoms with Crippen molar-refractivity contribution in [2.24, 2.45) is 0 Å². The maximum atomic E-state index is 14.9. The first kappa shape index (κ1) is 25.9. The van der Waals surface area contributed by atoms with Crippen LogP contribution in [0.5, 0.6) is 0 Å². The molecule has 0 fully saturated rings. The number of imidazole rings is 1. The maximum absolute atomic E-state index is 14.9. The Bertz CT molecular complexity index is 2560. The lowest BCUT2D eigenvalue weighted by Gasteiger charge is -2.20. The van der Waals surface area contributed by atoms with Crippen molar-refractivity contribution >= 4 is 72.2 Å². The van der Waals surface area contributed by atoms with Crippen molar-refractivity contribution < 1.29 is 4.57 Å². The van der Waals surface area contributed by atoms with E-state index < -0.39 is 7.14 Å². The van der Waals surface area contributed by atoms with Gasteiger partial charge in [0, 0.05) is 32.1 Å². The van der Waals surface area contributed by atoms with E-state index in [1.807, 2.05) is 78.9 Å². The number of fused-ring (bicyclic) bond motifs is 10. The molecule has 0 amide bonds. The van der Waals surface area contributed by atoms with Gasteiger partial charge in [-0.2, -0.15) is 0 Å². The van der Waals surface area contributed by atoms with Crippen molar-refractivity contribution in [2.45, 2.75) is 0 Å². The van der Waals surface area contributed by atoms with E-state index in [2.05, 4.69) is 89.3 Å². The highest BCUT2D eigenvalue weighted by atomic mass is 31.2. The number of aromatic nitrogens is 2. The van der Waals surface area contributed by atoms with Gasteiger partial charge >= 0.3 is 0 Å². The van der Waals surface area contributed by atoms with Crippen molar-refractivity contribution in [2.75, 3.05) is 0 Å². The summed E-state index contributed by atoms with van der Waals surface area (Å²) >= 11 is 0. The van der Waals surface area contributed by atoms with Gasteiger partial charge in [0.25, 0.3) is 0 Å². The summed E-state index contributed by atoms with van der Waals surface area (Å²) in [5.41, 5.74) is 6.32. The topological polar surface area (TPSA) is 34.4 Å². The first-order valence-corrected chi connectivity index (χ1v) is 16.9. The molecule has 9 rings (SSSR count). The molecular formula is C41H27N2OP. The van der Waals surface area contributed by atoms with Crippen LogP contribution in [0, 0.1) is 0 Å². The molecular weight excluding hydrogens is 567 g/mol. The fraction of sp³-hybridized carbons (Fsp3) is 0. The predicted octanol–water partition coefficient (Wildman–Crippen LogP) is 9.25. The van der Waals surface area contributed by atoms with Crippen LogP contribution in [0.2, 0.25) is 0 Å². The Hall–Kier alpha value is -5.50.